The maximum atomic E-state index is 10.5. The van der Waals surface area contributed by atoms with Crippen LogP contribution < -0.4 is 5.73 Å². The van der Waals surface area contributed by atoms with Crippen molar-refractivity contribution in [1.82, 2.24) is 9.78 Å². The zero-order valence-electron chi connectivity index (χ0n) is 9.10. The summed E-state index contributed by atoms with van der Waals surface area (Å²) in [6.07, 6.45) is 1.97. The van der Waals surface area contributed by atoms with Crippen molar-refractivity contribution in [2.24, 2.45) is 0 Å². The van der Waals surface area contributed by atoms with Crippen molar-refractivity contribution >= 4 is 11.8 Å². The number of rotatable bonds is 5. The molecule has 0 radical (unpaired) electrons. The molecule has 0 saturated heterocycles. The van der Waals surface area contributed by atoms with E-state index < -0.39 is 5.97 Å². The van der Waals surface area contributed by atoms with Crippen molar-refractivity contribution in [1.29, 1.82) is 0 Å². The van der Waals surface area contributed by atoms with E-state index >= 15 is 0 Å². The SMILES string of the molecule is CCC(CC)c1cc(N)n(CC(=O)O)n1. The third-order valence-electron chi connectivity index (χ3n) is 2.52. The largest absolute Gasteiger partial charge is 0.480 e. The minimum atomic E-state index is -0.930. The predicted molar refractivity (Wildman–Crippen MR) is 57.6 cm³/mol. The average molecular weight is 211 g/mol. The average Bonchev–Trinajstić information content (AvgIpc) is 2.49. The van der Waals surface area contributed by atoms with Crippen LogP contribution in [0.5, 0.6) is 0 Å². The van der Waals surface area contributed by atoms with Gasteiger partial charge in [0, 0.05) is 12.0 Å². The van der Waals surface area contributed by atoms with Gasteiger partial charge in [0.1, 0.15) is 12.4 Å². The van der Waals surface area contributed by atoms with Gasteiger partial charge >= 0.3 is 5.97 Å². The number of carboxylic acids is 1. The monoisotopic (exact) mass is 211 g/mol. The first-order valence-corrected chi connectivity index (χ1v) is 5.13. The molecule has 0 fully saturated rings. The van der Waals surface area contributed by atoms with Gasteiger partial charge in [-0.3, -0.25) is 4.79 Å². The van der Waals surface area contributed by atoms with Gasteiger partial charge in [-0.25, -0.2) is 4.68 Å². The summed E-state index contributed by atoms with van der Waals surface area (Å²) in [7, 11) is 0. The normalized spacial score (nSPS) is 10.9. The molecule has 0 aromatic carbocycles. The third kappa shape index (κ3) is 2.71. The Bertz CT molecular complexity index is 342. The molecule has 5 heteroatoms. The van der Waals surface area contributed by atoms with Crippen molar-refractivity contribution in [3.8, 4) is 0 Å². The van der Waals surface area contributed by atoms with E-state index in [1.54, 1.807) is 6.07 Å². The van der Waals surface area contributed by atoms with Gasteiger partial charge < -0.3 is 10.8 Å². The lowest BCUT2D eigenvalue weighted by Gasteiger charge is -2.07. The number of aliphatic carboxylic acids is 1. The van der Waals surface area contributed by atoms with Crippen LogP contribution >= 0.6 is 0 Å². The smallest absolute Gasteiger partial charge is 0.325 e. The number of nitrogens with zero attached hydrogens (tertiary/aromatic N) is 2. The van der Waals surface area contributed by atoms with Crippen molar-refractivity contribution in [3.05, 3.63) is 11.8 Å². The number of nitrogens with two attached hydrogens (primary N) is 1. The van der Waals surface area contributed by atoms with Gasteiger partial charge in [0.2, 0.25) is 0 Å². The van der Waals surface area contributed by atoms with Crippen molar-refractivity contribution < 1.29 is 9.90 Å². The number of carbonyl (C=O) groups is 1. The zero-order valence-corrected chi connectivity index (χ0v) is 9.10. The molecule has 15 heavy (non-hydrogen) atoms. The highest BCUT2D eigenvalue weighted by Gasteiger charge is 2.14. The maximum Gasteiger partial charge on any atom is 0.325 e. The number of aromatic nitrogens is 2. The predicted octanol–water partition coefficient (Wildman–Crippen LogP) is 1.45. The van der Waals surface area contributed by atoms with Crippen LogP contribution in [0.1, 0.15) is 38.3 Å². The topological polar surface area (TPSA) is 81.1 Å². The maximum absolute atomic E-state index is 10.5. The molecular formula is C10H17N3O2. The van der Waals surface area contributed by atoms with E-state index in [1.165, 1.54) is 4.68 Å². The first-order valence-electron chi connectivity index (χ1n) is 5.13. The summed E-state index contributed by atoms with van der Waals surface area (Å²) in [5, 5.41) is 12.8. The van der Waals surface area contributed by atoms with E-state index in [0.717, 1.165) is 18.5 Å². The highest BCUT2D eigenvalue weighted by molar-refractivity contribution is 5.67. The van der Waals surface area contributed by atoms with E-state index in [1.807, 2.05) is 0 Å². The number of nitrogen functional groups attached to an aromatic ring is 1. The molecule has 1 aromatic heterocycles. The minimum absolute atomic E-state index is 0.175. The van der Waals surface area contributed by atoms with Crippen molar-refractivity contribution in [3.63, 3.8) is 0 Å². The van der Waals surface area contributed by atoms with Crippen LogP contribution in [-0.2, 0) is 11.3 Å². The second-order valence-corrected chi connectivity index (χ2v) is 3.56. The fourth-order valence-corrected chi connectivity index (χ4v) is 1.61. The summed E-state index contributed by atoms with van der Waals surface area (Å²) in [5.41, 5.74) is 6.56. The van der Waals surface area contributed by atoms with Crippen molar-refractivity contribution in [2.75, 3.05) is 5.73 Å². The molecule has 0 aliphatic heterocycles. The highest BCUT2D eigenvalue weighted by Crippen LogP contribution is 2.23. The number of hydrogen-bond acceptors (Lipinski definition) is 3. The lowest BCUT2D eigenvalue weighted by molar-refractivity contribution is -0.137. The van der Waals surface area contributed by atoms with Gasteiger partial charge in [-0.05, 0) is 12.8 Å². The molecule has 0 spiro atoms. The Morgan fingerprint density at radius 1 is 1.60 bits per heavy atom. The Morgan fingerprint density at radius 3 is 2.67 bits per heavy atom. The molecule has 84 valence electrons. The molecule has 0 saturated carbocycles. The van der Waals surface area contributed by atoms with Gasteiger partial charge in [-0.15, -0.1) is 0 Å². The molecular weight excluding hydrogens is 194 g/mol. The summed E-state index contributed by atoms with van der Waals surface area (Å²) in [4.78, 5) is 10.5. The van der Waals surface area contributed by atoms with Crippen LogP contribution in [0.15, 0.2) is 6.07 Å². The van der Waals surface area contributed by atoms with Crippen LogP contribution in [-0.4, -0.2) is 20.9 Å². The summed E-state index contributed by atoms with van der Waals surface area (Å²) >= 11 is 0. The molecule has 3 N–H and O–H groups in total. The molecule has 1 aromatic rings. The summed E-state index contributed by atoms with van der Waals surface area (Å²) < 4.78 is 1.33. The fraction of sp³-hybridized carbons (Fsp3) is 0.600. The lowest BCUT2D eigenvalue weighted by Crippen LogP contribution is -2.12. The molecule has 5 nitrogen and oxygen atoms in total. The van der Waals surface area contributed by atoms with E-state index in [9.17, 15) is 4.79 Å². The number of carboxylic acid groups (broad SMARTS) is 1. The molecule has 0 atom stereocenters. The summed E-state index contributed by atoms with van der Waals surface area (Å²) in [6, 6.07) is 1.76. The molecule has 0 bridgehead atoms. The first kappa shape index (κ1) is 11.6. The van der Waals surface area contributed by atoms with Crippen LogP contribution in [0.2, 0.25) is 0 Å². The van der Waals surface area contributed by atoms with Crippen LogP contribution in [0.25, 0.3) is 0 Å². The van der Waals surface area contributed by atoms with E-state index in [0.29, 0.717) is 11.7 Å². The summed E-state index contributed by atoms with van der Waals surface area (Å²) in [5.74, 6) is -0.150. The van der Waals surface area contributed by atoms with Gasteiger partial charge in [0.15, 0.2) is 0 Å². The quantitative estimate of drug-likeness (QED) is 0.772. The Labute approximate surface area is 88.9 Å². The second-order valence-electron chi connectivity index (χ2n) is 3.56. The Morgan fingerprint density at radius 2 is 2.20 bits per heavy atom. The van der Waals surface area contributed by atoms with E-state index in [2.05, 4.69) is 18.9 Å². The first-order chi connectivity index (χ1) is 7.08. The fourth-order valence-electron chi connectivity index (χ4n) is 1.61. The Hall–Kier alpha value is -1.52. The van der Waals surface area contributed by atoms with Gasteiger partial charge in [0.25, 0.3) is 0 Å². The zero-order chi connectivity index (χ0) is 11.4. The minimum Gasteiger partial charge on any atom is -0.480 e. The molecule has 0 aliphatic rings. The molecule has 1 heterocycles. The number of hydrogen-bond donors (Lipinski definition) is 2. The van der Waals surface area contributed by atoms with Crippen molar-refractivity contribution in [2.45, 2.75) is 39.2 Å². The Kier molecular flexibility index (Phi) is 3.71. The number of anilines is 1. The molecule has 0 aliphatic carbocycles. The van der Waals surface area contributed by atoms with Gasteiger partial charge in [0.05, 0.1) is 5.69 Å². The highest BCUT2D eigenvalue weighted by atomic mass is 16.4. The van der Waals surface area contributed by atoms with Crippen LogP contribution in [0.4, 0.5) is 5.82 Å². The van der Waals surface area contributed by atoms with E-state index in [4.69, 9.17) is 10.8 Å². The van der Waals surface area contributed by atoms with Crippen LogP contribution in [0, 0.1) is 0 Å². The third-order valence-corrected chi connectivity index (χ3v) is 2.52. The van der Waals surface area contributed by atoms with E-state index in [-0.39, 0.29) is 6.54 Å². The lowest BCUT2D eigenvalue weighted by atomic mass is 10.00. The standard InChI is InChI=1S/C10H17N3O2/c1-3-7(4-2)8-5-9(11)13(12-8)6-10(14)15/h5,7H,3-4,6,11H2,1-2H3,(H,14,15). The molecule has 0 amide bonds. The summed E-state index contributed by atoms with van der Waals surface area (Å²) in [6.45, 7) is 3.99. The van der Waals surface area contributed by atoms with Crippen LogP contribution in [0.3, 0.4) is 0 Å². The molecule has 1 rings (SSSR count). The molecule has 0 unspecified atom stereocenters. The van der Waals surface area contributed by atoms with Gasteiger partial charge in [-0.2, -0.15) is 5.10 Å². The second kappa shape index (κ2) is 4.82. The van der Waals surface area contributed by atoms with Gasteiger partial charge in [-0.1, -0.05) is 13.8 Å². The Balaban J connectivity index is 2.88.